The number of rotatable bonds is 6. The van der Waals surface area contributed by atoms with Crippen LogP contribution in [0.15, 0.2) is 24.3 Å². The molecule has 21 heavy (non-hydrogen) atoms. The highest BCUT2D eigenvalue weighted by Crippen LogP contribution is 2.15. The molecule has 1 aromatic carbocycles. The second kappa shape index (κ2) is 8.15. The third-order valence-electron chi connectivity index (χ3n) is 4.18. The van der Waals surface area contributed by atoms with E-state index in [1.807, 2.05) is 31.3 Å². The highest BCUT2D eigenvalue weighted by Gasteiger charge is 2.18. The summed E-state index contributed by atoms with van der Waals surface area (Å²) < 4.78 is 0. The Morgan fingerprint density at radius 2 is 2.19 bits per heavy atom. The van der Waals surface area contributed by atoms with Gasteiger partial charge in [-0.25, -0.2) is 0 Å². The number of nitrogens with zero attached hydrogens (tertiary/aromatic N) is 1. The highest BCUT2D eigenvalue weighted by molar-refractivity contribution is 5.95. The minimum absolute atomic E-state index is 0.0647. The van der Waals surface area contributed by atoms with Gasteiger partial charge in [0.2, 0.25) is 0 Å². The lowest BCUT2D eigenvalue weighted by Gasteiger charge is -2.29. The van der Waals surface area contributed by atoms with Crippen LogP contribution < -0.4 is 10.6 Å². The number of carbonyl (C=O) groups excluding carboxylic acids is 1. The maximum Gasteiger partial charge on any atom is 0.251 e. The van der Waals surface area contributed by atoms with Crippen molar-refractivity contribution in [1.82, 2.24) is 15.5 Å². The lowest BCUT2D eigenvalue weighted by atomic mass is 9.98. The highest BCUT2D eigenvalue weighted by atomic mass is 16.1. The molecular formula is C17H27N3O. The van der Waals surface area contributed by atoms with Gasteiger partial charge in [0.1, 0.15) is 0 Å². The first-order valence-electron chi connectivity index (χ1n) is 7.90. The van der Waals surface area contributed by atoms with E-state index < -0.39 is 0 Å². The van der Waals surface area contributed by atoms with E-state index in [0.717, 1.165) is 37.2 Å². The summed E-state index contributed by atoms with van der Waals surface area (Å²) in [4.78, 5) is 14.8. The van der Waals surface area contributed by atoms with Gasteiger partial charge in [-0.1, -0.05) is 18.2 Å². The smallest absolute Gasteiger partial charge is 0.251 e. The third kappa shape index (κ3) is 4.83. The van der Waals surface area contributed by atoms with Gasteiger partial charge in [-0.05, 0) is 64.0 Å². The van der Waals surface area contributed by atoms with E-state index in [1.165, 1.54) is 19.4 Å². The van der Waals surface area contributed by atoms with Crippen molar-refractivity contribution in [2.75, 3.05) is 40.3 Å². The number of piperidine rings is 1. The zero-order chi connectivity index (χ0) is 15.1. The van der Waals surface area contributed by atoms with Gasteiger partial charge >= 0.3 is 0 Å². The lowest BCUT2D eigenvalue weighted by Crippen LogP contribution is -2.39. The minimum Gasteiger partial charge on any atom is -0.352 e. The van der Waals surface area contributed by atoms with Gasteiger partial charge in [-0.15, -0.1) is 0 Å². The molecule has 1 heterocycles. The molecule has 0 saturated carbocycles. The first-order valence-corrected chi connectivity index (χ1v) is 7.90. The number of hydrogen-bond acceptors (Lipinski definition) is 3. The van der Waals surface area contributed by atoms with E-state index in [2.05, 4.69) is 22.6 Å². The fraction of sp³-hybridized carbons (Fsp3) is 0.588. The molecule has 1 unspecified atom stereocenters. The SMILES string of the molecule is CNCCc1ccccc1C(=O)NCC1CCCN(C)C1. The van der Waals surface area contributed by atoms with Crippen LogP contribution in [-0.4, -0.2) is 51.1 Å². The summed E-state index contributed by atoms with van der Waals surface area (Å²) in [6, 6.07) is 7.90. The summed E-state index contributed by atoms with van der Waals surface area (Å²) in [6.45, 7) is 3.93. The van der Waals surface area contributed by atoms with Crippen molar-refractivity contribution in [3.63, 3.8) is 0 Å². The van der Waals surface area contributed by atoms with Crippen LogP contribution in [0.4, 0.5) is 0 Å². The summed E-state index contributed by atoms with van der Waals surface area (Å²) in [5.74, 6) is 0.645. The second-order valence-corrected chi connectivity index (χ2v) is 5.99. The Kier molecular flexibility index (Phi) is 6.21. The monoisotopic (exact) mass is 289 g/mol. The predicted molar refractivity (Wildman–Crippen MR) is 86.6 cm³/mol. The Hall–Kier alpha value is -1.39. The predicted octanol–water partition coefficient (Wildman–Crippen LogP) is 1.52. The number of nitrogens with one attached hydrogen (secondary N) is 2. The Balaban J connectivity index is 1.90. The Morgan fingerprint density at radius 3 is 2.95 bits per heavy atom. The third-order valence-corrected chi connectivity index (χ3v) is 4.18. The van der Waals surface area contributed by atoms with Crippen molar-refractivity contribution in [3.05, 3.63) is 35.4 Å². The van der Waals surface area contributed by atoms with Gasteiger partial charge in [-0.3, -0.25) is 4.79 Å². The van der Waals surface area contributed by atoms with Crippen LogP contribution in [0.2, 0.25) is 0 Å². The molecule has 2 rings (SSSR count). The van der Waals surface area contributed by atoms with Gasteiger partial charge in [0.15, 0.2) is 0 Å². The average molecular weight is 289 g/mol. The van der Waals surface area contributed by atoms with Crippen molar-refractivity contribution < 1.29 is 4.79 Å². The van der Waals surface area contributed by atoms with Crippen molar-refractivity contribution in [2.45, 2.75) is 19.3 Å². The fourth-order valence-electron chi connectivity index (χ4n) is 2.99. The van der Waals surface area contributed by atoms with E-state index >= 15 is 0 Å². The first kappa shape index (κ1) is 16.0. The summed E-state index contributed by atoms with van der Waals surface area (Å²) in [6.07, 6.45) is 3.33. The van der Waals surface area contributed by atoms with Gasteiger partial charge in [0.05, 0.1) is 0 Å². The molecule has 2 N–H and O–H groups in total. The molecule has 116 valence electrons. The van der Waals surface area contributed by atoms with Crippen LogP contribution in [-0.2, 0) is 6.42 Å². The maximum atomic E-state index is 12.4. The molecule has 1 saturated heterocycles. The van der Waals surface area contributed by atoms with Crippen LogP contribution >= 0.6 is 0 Å². The van der Waals surface area contributed by atoms with Crippen molar-refractivity contribution >= 4 is 5.91 Å². The Labute approximate surface area is 127 Å². The van der Waals surface area contributed by atoms with E-state index in [1.54, 1.807) is 0 Å². The van der Waals surface area contributed by atoms with Gasteiger partial charge in [-0.2, -0.15) is 0 Å². The molecule has 4 heteroatoms. The fourth-order valence-corrected chi connectivity index (χ4v) is 2.99. The first-order chi connectivity index (χ1) is 10.2. The van der Waals surface area contributed by atoms with Crippen LogP contribution in [0.3, 0.4) is 0 Å². The molecule has 0 aliphatic carbocycles. The number of likely N-dealkylation sites (N-methyl/N-ethyl adjacent to an activating group) is 1. The zero-order valence-corrected chi connectivity index (χ0v) is 13.2. The van der Waals surface area contributed by atoms with E-state index in [-0.39, 0.29) is 5.91 Å². The Bertz CT molecular complexity index is 461. The molecule has 0 aromatic heterocycles. The molecule has 1 fully saturated rings. The molecule has 1 aliphatic heterocycles. The number of benzene rings is 1. The van der Waals surface area contributed by atoms with Crippen LogP contribution in [0.5, 0.6) is 0 Å². The quantitative estimate of drug-likeness (QED) is 0.834. The molecule has 4 nitrogen and oxygen atoms in total. The number of carbonyl (C=O) groups is 1. The van der Waals surface area contributed by atoms with Crippen molar-refractivity contribution in [3.8, 4) is 0 Å². The molecule has 1 amide bonds. The number of likely N-dealkylation sites (tertiary alicyclic amines) is 1. The zero-order valence-electron chi connectivity index (χ0n) is 13.2. The standard InChI is InChI=1S/C17H27N3O/c1-18-10-9-15-7-3-4-8-16(15)17(21)19-12-14-6-5-11-20(2)13-14/h3-4,7-8,14,18H,5-6,9-13H2,1-2H3,(H,19,21). The van der Waals surface area contributed by atoms with Gasteiger partial charge in [0.25, 0.3) is 5.91 Å². The number of amides is 1. The maximum absolute atomic E-state index is 12.4. The topological polar surface area (TPSA) is 44.4 Å². The van der Waals surface area contributed by atoms with Gasteiger partial charge < -0.3 is 15.5 Å². The van der Waals surface area contributed by atoms with Crippen molar-refractivity contribution in [2.24, 2.45) is 5.92 Å². The van der Waals surface area contributed by atoms with Crippen molar-refractivity contribution in [1.29, 1.82) is 0 Å². The lowest BCUT2D eigenvalue weighted by molar-refractivity contribution is 0.0936. The van der Waals surface area contributed by atoms with E-state index in [0.29, 0.717) is 5.92 Å². The summed E-state index contributed by atoms with van der Waals surface area (Å²) in [5.41, 5.74) is 1.93. The normalized spacial score (nSPS) is 19.4. The second-order valence-electron chi connectivity index (χ2n) is 5.99. The number of hydrogen-bond donors (Lipinski definition) is 2. The van der Waals surface area contributed by atoms with Gasteiger partial charge in [0, 0.05) is 18.7 Å². The largest absolute Gasteiger partial charge is 0.352 e. The molecular weight excluding hydrogens is 262 g/mol. The molecule has 1 atom stereocenters. The molecule has 1 aromatic rings. The Morgan fingerprint density at radius 1 is 1.38 bits per heavy atom. The summed E-state index contributed by atoms with van der Waals surface area (Å²) in [7, 11) is 4.09. The van der Waals surface area contributed by atoms with E-state index in [4.69, 9.17) is 0 Å². The van der Waals surface area contributed by atoms with Crippen LogP contribution in [0, 0.1) is 5.92 Å². The van der Waals surface area contributed by atoms with Crippen LogP contribution in [0.1, 0.15) is 28.8 Å². The molecule has 0 radical (unpaired) electrons. The van der Waals surface area contributed by atoms with E-state index in [9.17, 15) is 4.79 Å². The average Bonchev–Trinajstić information content (AvgIpc) is 2.51. The molecule has 0 bridgehead atoms. The summed E-state index contributed by atoms with van der Waals surface area (Å²) in [5, 5.41) is 6.25. The molecule has 0 spiro atoms. The summed E-state index contributed by atoms with van der Waals surface area (Å²) >= 11 is 0. The van der Waals surface area contributed by atoms with Crippen LogP contribution in [0.25, 0.3) is 0 Å². The minimum atomic E-state index is 0.0647. The molecule has 1 aliphatic rings.